The van der Waals surface area contributed by atoms with Crippen molar-refractivity contribution in [2.45, 2.75) is 32.2 Å². The van der Waals surface area contributed by atoms with Crippen molar-refractivity contribution in [1.29, 1.82) is 0 Å². The lowest BCUT2D eigenvalue weighted by atomic mass is 10.1. The van der Waals surface area contributed by atoms with Gasteiger partial charge in [-0.2, -0.15) is 4.98 Å². The van der Waals surface area contributed by atoms with E-state index in [0.29, 0.717) is 40.8 Å². The zero-order valence-corrected chi connectivity index (χ0v) is 16.2. The summed E-state index contributed by atoms with van der Waals surface area (Å²) in [7, 11) is 0. The fourth-order valence-corrected chi connectivity index (χ4v) is 4.03. The Bertz CT molecular complexity index is 1250. The minimum Gasteiger partial charge on any atom is -0.381 e. The smallest absolute Gasteiger partial charge is 0.278 e. The number of nitrogens with zero attached hydrogens (tertiary/aromatic N) is 5. The quantitative estimate of drug-likeness (QED) is 0.524. The normalized spacial score (nSPS) is 17.4. The number of benzene rings is 1. The number of fused-ring (bicyclic) bond motifs is 3. The molecule has 0 spiro atoms. The minimum atomic E-state index is -0.202. The van der Waals surface area contributed by atoms with Gasteiger partial charge in [-0.05, 0) is 32.4 Å². The van der Waals surface area contributed by atoms with Crippen LogP contribution in [0.15, 0.2) is 33.8 Å². The highest BCUT2D eigenvalue weighted by Gasteiger charge is 2.26. The van der Waals surface area contributed by atoms with E-state index < -0.39 is 0 Å². The molecule has 0 saturated carbocycles. The summed E-state index contributed by atoms with van der Waals surface area (Å²) < 4.78 is 14.3. The zero-order chi connectivity index (χ0) is 19.4. The number of halogens is 1. The molecular formula is C19H18ClN5O3. The molecule has 1 aliphatic rings. The summed E-state index contributed by atoms with van der Waals surface area (Å²) in [4.78, 5) is 22.3. The molecule has 28 heavy (non-hydrogen) atoms. The first-order valence-corrected chi connectivity index (χ1v) is 9.55. The Labute approximate surface area is 164 Å². The molecular weight excluding hydrogens is 382 g/mol. The predicted molar refractivity (Wildman–Crippen MR) is 104 cm³/mol. The zero-order valence-electron chi connectivity index (χ0n) is 15.4. The maximum atomic E-state index is 13.4. The van der Waals surface area contributed by atoms with Gasteiger partial charge in [0, 0.05) is 18.6 Å². The lowest BCUT2D eigenvalue weighted by Crippen LogP contribution is -2.25. The maximum Gasteiger partial charge on any atom is 0.278 e. The van der Waals surface area contributed by atoms with Gasteiger partial charge >= 0.3 is 0 Å². The molecule has 0 radical (unpaired) electrons. The molecule has 1 aromatic carbocycles. The standard InChI is InChI=1S/C19H18ClN5O3/c1-10(2)25-15-12(20)4-3-5-13(15)24-9-21-14(16(24)19(25)26)18-22-17(23-28-18)11-6-7-27-8-11/h3-5,9-11H,6-8H2,1-2H3. The van der Waals surface area contributed by atoms with Crippen molar-refractivity contribution in [2.24, 2.45) is 0 Å². The number of rotatable bonds is 3. The largest absolute Gasteiger partial charge is 0.381 e. The summed E-state index contributed by atoms with van der Waals surface area (Å²) in [5.41, 5.74) is 2.03. The van der Waals surface area contributed by atoms with Crippen LogP contribution in [-0.4, -0.2) is 37.3 Å². The lowest BCUT2D eigenvalue weighted by Gasteiger charge is -2.16. The molecule has 9 heteroatoms. The van der Waals surface area contributed by atoms with E-state index in [0.717, 1.165) is 11.9 Å². The van der Waals surface area contributed by atoms with Gasteiger partial charge in [-0.3, -0.25) is 9.20 Å². The van der Waals surface area contributed by atoms with Gasteiger partial charge in [0.1, 0.15) is 11.8 Å². The second-order valence-corrected chi connectivity index (χ2v) is 7.61. The van der Waals surface area contributed by atoms with E-state index in [1.807, 2.05) is 26.0 Å². The van der Waals surface area contributed by atoms with E-state index in [1.165, 1.54) is 0 Å². The van der Waals surface area contributed by atoms with Gasteiger partial charge in [0.05, 0.1) is 22.7 Å². The molecule has 144 valence electrons. The van der Waals surface area contributed by atoms with Crippen molar-refractivity contribution in [3.63, 3.8) is 0 Å². The number of imidazole rings is 1. The summed E-state index contributed by atoms with van der Waals surface area (Å²) in [6, 6.07) is 5.45. The molecule has 1 atom stereocenters. The molecule has 1 saturated heterocycles. The number of ether oxygens (including phenoxy) is 1. The molecule has 5 rings (SSSR count). The van der Waals surface area contributed by atoms with E-state index in [9.17, 15) is 4.79 Å². The van der Waals surface area contributed by atoms with E-state index in [2.05, 4.69) is 15.1 Å². The van der Waals surface area contributed by atoms with Crippen LogP contribution in [0.2, 0.25) is 5.02 Å². The highest BCUT2D eigenvalue weighted by Crippen LogP contribution is 2.30. The van der Waals surface area contributed by atoms with Gasteiger partial charge in [-0.25, -0.2) is 4.98 Å². The van der Waals surface area contributed by atoms with Crippen LogP contribution in [0.1, 0.15) is 38.1 Å². The third-order valence-corrected chi connectivity index (χ3v) is 5.42. The molecule has 1 aliphatic heterocycles. The summed E-state index contributed by atoms with van der Waals surface area (Å²) >= 11 is 6.43. The predicted octanol–water partition coefficient (Wildman–Crippen LogP) is 3.44. The topological polar surface area (TPSA) is 87.5 Å². The van der Waals surface area contributed by atoms with Crippen molar-refractivity contribution < 1.29 is 9.26 Å². The van der Waals surface area contributed by atoms with Crippen LogP contribution in [0.4, 0.5) is 0 Å². The Morgan fingerprint density at radius 1 is 1.29 bits per heavy atom. The molecule has 0 amide bonds. The number of aromatic nitrogens is 5. The summed E-state index contributed by atoms with van der Waals surface area (Å²) in [6.07, 6.45) is 2.45. The Kier molecular flexibility index (Phi) is 3.99. The van der Waals surface area contributed by atoms with Crippen molar-refractivity contribution in [3.8, 4) is 11.6 Å². The lowest BCUT2D eigenvalue weighted by molar-refractivity contribution is 0.192. The molecule has 1 unspecified atom stereocenters. The van der Waals surface area contributed by atoms with Crippen LogP contribution in [0, 0.1) is 0 Å². The average molecular weight is 400 g/mol. The number of para-hydroxylation sites is 1. The number of hydrogen-bond donors (Lipinski definition) is 0. The van der Waals surface area contributed by atoms with Gasteiger partial charge in [0.25, 0.3) is 11.4 Å². The summed E-state index contributed by atoms with van der Waals surface area (Å²) in [6.45, 7) is 5.16. The first kappa shape index (κ1) is 17.4. The summed E-state index contributed by atoms with van der Waals surface area (Å²) in [5, 5.41) is 4.59. The van der Waals surface area contributed by atoms with Crippen LogP contribution in [0.5, 0.6) is 0 Å². The fourth-order valence-electron chi connectivity index (χ4n) is 3.77. The molecule has 0 N–H and O–H groups in total. The van der Waals surface area contributed by atoms with E-state index >= 15 is 0 Å². The molecule has 0 bridgehead atoms. The fraction of sp³-hybridized carbons (Fsp3) is 0.368. The molecule has 3 aromatic heterocycles. The third kappa shape index (κ3) is 2.48. The highest BCUT2D eigenvalue weighted by molar-refractivity contribution is 6.35. The average Bonchev–Trinajstić information content (AvgIpc) is 3.41. The van der Waals surface area contributed by atoms with Gasteiger partial charge in [0.2, 0.25) is 0 Å². The van der Waals surface area contributed by atoms with E-state index in [1.54, 1.807) is 21.4 Å². The van der Waals surface area contributed by atoms with Crippen LogP contribution < -0.4 is 5.56 Å². The molecule has 4 heterocycles. The van der Waals surface area contributed by atoms with Crippen molar-refractivity contribution in [2.75, 3.05) is 13.2 Å². The minimum absolute atomic E-state index is 0.0865. The van der Waals surface area contributed by atoms with Crippen LogP contribution in [-0.2, 0) is 4.74 Å². The SMILES string of the molecule is CC(C)n1c(=O)c2c(-c3nc(C4CCOC4)no3)ncn2c2cccc(Cl)c21. The first-order chi connectivity index (χ1) is 13.6. The second-order valence-electron chi connectivity index (χ2n) is 7.21. The Balaban J connectivity index is 1.78. The Morgan fingerprint density at radius 3 is 2.89 bits per heavy atom. The van der Waals surface area contributed by atoms with Crippen molar-refractivity contribution >= 4 is 28.2 Å². The summed E-state index contributed by atoms with van der Waals surface area (Å²) in [5.74, 6) is 0.929. The van der Waals surface area contributed by atoms with Crippen LogP contribution in [0.25, 0.3) is 28.1 Å². The number of hydrogen-bond acceptors (Lipinski definition) is 6. The van der Waals surface area contributed by atoms with Gasteiger partial charge in [-0.1, -0.05) is 22.8 Å². The second kappa shape index (κ2) is 6.42. The van der Waals surface area contributed by atoms with Crippen molar-refractivity contribution in [3.05, 3.63) is 45.7 Å². The maximum absolute atomic E-state index is 13.4. The van der Waals surface area contributed by atoms with Gasteiger partial charge in [0.15, 0.2) is 11.5 Å². The van der Waals surface area contributed by atoms with Crippen LogP contribution in [0.3, 0.4) is 0 Å². The monoisotopic (exact) mass is 399 g/mol. The van der Waals surface area contributed by atoms with Crippen molar-refractivity contribution in [1.82, 2.24) is 24.1 Å². The highest BCUT2D eigenvalue weighted by atomic mass is 35.5. The van der Waals surface area contributed by atoms with Gasteiger partial charge < -0.3 is 13.8 Å². The third-order valence-electron chi connectivity index (χ3n) is 5.11. The Morgan fingerprint density at radius 2 is 2.14 bits per heavy atom. The van der Waals surface area contributed by atoms with E-state index in [4.69, 9.17) is 20.9 Å². The molecule has 1 fully saturated rings. The van der Waals surface area contributed by atoms with Crippen LogP contribution >= 0.6 is 11.6 Å². The molecule has 0 aliphatic carbocycles. The molecule has 4 aromatic rings. The van der Waals surface area contributed by atoms with E-state index in [-0.39, 0.29) is 23.4 Å². The Hall–Kier alpha value is -2.71. The molecule has 8 nitrogen and oxygen atoms in total. The first-order valence-electron chi connectivity index (χ1n) is 9.17. The van der Waals surface area contributed by atoms with Gasteiger partial charge in [-0.15, -0.1) is 0 Å².